The van der Waals surface area contributed by atoms with Crippen LogP contribution >= 0.6 is 0 Å². The second-order valence-electron chi connectivity index (χ2n) is 9.05. The summed E-state index contributed by atoms with van der Waals surface area (Å²) < 4.78 is 30.6. The molecule has 0 unspecified atom stereocenters. The fourth-order valence-corrected chi connectivity index (χ4v) is 4.15. The monoisotopic (exact) mass is 552 g/mol. The quantitative estimate of drug-likeness (QED) is 0.213. The summed E-state index contributed by atoms with van der Waals surface area (Å²) in [5.41, 5.74) is 1.96. The van der Waals surface area contributed by atoms with Crippen LogP contribution in [0.4, 0.5) is 14.9 Å². The number of hydrogen-bond acceptors (Lipinski definition) is 6. The summed E-state index contributed by atoms with van der Waals surface area (Å²) >= 11 is 0. The molecule has 0 radical (unpaired) electrons. The van der Waals surface area contributed by atoms with Gasteiger partial charge in [-0.05, 0) is 65.7 Å². The number of barbiturate groups is 1. The lowest BCUT2D eigenvalue weighted by atomic mass is 10.1. The number of carbonyl (C=O) groups is 3. The first-order chi connectivity index (χ1) is 19.9. The third-order valence-corrected chi connectivity index (χ3v) is 6.25. The summed E-state index contributed by atoms with van der Waals surface area (Å²) in [6, 6.07) is 26.0. The van der Waals surface area contributed by atoms with E-state index in [9.17, 15) is 18.8 Å². The number of urea groups is 1. The number of amides is 4. The Morgan fingerprint density at radius 2 is 1.49 bits per heavy atom. The number of imide groups is 2. The molecule has 1 fully saturated rings. The average molecular weight is 553 g/mol. The molecule has 4 amide bonds. The zero-order valence-electron chi connectivity index (χ0n) is 22.0. The van der Waals surface area contributed by atoms with Crippen molar-refractivity contribution in [2.45, 2.75) is 13.2 Å². The number of halogens is 1. The Morgan fingerprint density at radius 1 is 0.780 bits per heavy atom. The minimum atomic E-state index is -0.868. The maximum Gasteiger partial charge on any atom is 0.335 e. The first-order valence-electron chi connectivity index (χ1n) is 12.6. The van der Waals surface area contributed by atoms with Crippen molar-refractivity contribution in [2.75, 3.05) is 12.0 Å². The second kappa shape index (κ2) is 12.2. The first kappa shape index (κ1) is 27.1. The molecule has 8 nitrogen and oxygen atoms in total. The van der Waals surface area contributed by atoms with Gasteiger partial charge < -0.3 is 14.2 Å². The van der Waals surface area contributed by atoms with Crippen molar-refractivity contribution in [1.29, 1.82) is 0 Å². The van der Waals surface area contributed by atoms with Crippen LogP contribution in [0.15, 0.2) is 103 Å². The lowest BCUT2D eigenvalue weighted by Crippen LogP contribution is -2.54. The highest BCUT2D eigenvalue weighted by Gasteiger charge is 2.37. The predicted molar refractivity (Wildman–Crippen MR) is 150 cm³/mol. The molecular weight excluding hydrogens is 527 g/mol. The van der Waals surface area contributed by atoms with Crippen molar-refractivity contribution in [3.63, 3.8) is 0 Å². The first-order valence-corrected chi connectivity index (χ1v) is 12.6. The van der Waals surface area contributed by atoms with Gasteiger partial charge in [-0.2, -0.15) is 0 Å². The highest BCUT2D eigenvalue weighted by Crippen LogP contribution is 2.30. The molecule has 1 N–H and O–H groups in total. The molecule has 0 saturated carbocycles. The van der Waals surface area contributed by atoms with Crippen LogP contribution < -0.4 is 24.4 Å². The highest BCUT2D eigenvalue weighted by atomic mass is 19.1. The van der Waals surface area contributed by atoms with Crippen LogP contribution in [0, 0.1) is 5.82 Å². The molecule has 0 atom stereocenters. The van der Waals surface area contributed by atoms with Crippen LogP contribution in [0.2, 0.25) is 0 Å². The SMILES string of the molecule is COc1ccc(/C=C2\C(=O)NC(=O)N(c3ccc(OCc4ccccc4)cc3)C2=O)c(OCc2cccc(F)c2)c1. The van der Waals surface area contributed by atoms with Crippen molar-refractivity contribution in [3.8, 4) is 17.2 Å². The Hall–Kier alpha value is -5.44. The number of carbonyl (C=O) groups excluding carboxylic acids is 3. The van der Waals surface area contributed by atoms with Crippen molar-refractivity contribution in [1.82, 2.24) is 5.32 Å². The molecule has 4 aromatic rings. The number of hydrogen-bond donors (Lipinski definition) is 1. The van der Waals surface area contributed by atoms with Crippen LogP contribution in [-0.4, -0.2) is 25.0 Å². The molecule has 4 aromatic carbocycles. The van der Waals surface area contributed by atoms with Gasteiger partial charge in [0, 0.05) is 11.6 Å². The number of methoxy groups -OCH3 is 1. The van der Waals surface area contributed by atoms with Gasteiger partial charge in [-0.3, -0.25) is 14.9 Å². The van der Waals surface area contributed by atoms with Gasteiger partial charge in [0.15, 0.2) is 0 Å². The number of nitrogens with one attached hydrogen (secondary N) is 1. The van der Waals surface area contributed by atoms with Gasteiger partial charge in [0.2, 0.25) is 0 Å². The normalized spacial score (nSPS) is 14.1. The molecule has 206 valence electrons. The maximum atomic E-state index is 13.6. The van der Waals surface area contributed by atoms with Gasteiger partial charge >= 0.3 is 6.03 Å². The van der Waals surface area contributed by atoms with Crippen LogP contribution in [0.3, 0.4) is 0 Å². The lowest BCUT2D eigenvalue weighted by molar-refractivity contribution is -0.122. The third-order valence-electron chi connectivity index (χ3n) is 6.25. The molecule has 1 aliphatic rings. The molecule has 1 aliphatic heterocycles. The van der Waals surface area contributed by atoms with Crippen LogP contribution in [-0.2, 0) is 22.8 Å². The number of anilines is 1. The van der Waals surface area contributed by atoms with E-state index in [1.165, 1.54) is 25.3 Å². The second-order valence-corrected chi connectivity index (χ2v) is 9.05. The topological polar surface area (TPSA) is 94.2 Å². The van der Waals surface area contributed by atoms with Crippen LogP contribution in [0.5, 0.6) is 17.2 Å². The van der Waals surface area contributed by atoms with E-state index in [0.29, 0.717) is 35.0 Å². The van der Waals surface area contributed by atoms with Crippen molar-refractivity contribution in [3.05, 3.63) is 125 Å². The van der Waals surface area contributed by atoms with Gasteiger partial charge in [-0.25, -0.2) is 14.1 Å². The largest absolute Gasteiger partial charge is 0.497 e. The molecule has 41 heavy (non-hydrogen) atoms. The summed E-state index contributed by atoms with van der Waals surface area (Å²) in [6.07, 6.45) is 1.34. The predicted octanol–water partition coefficient (Wildman–Crippen LogP) is 5.66. The van der Waals surface area contributed by atoms with Crippen LogP contribution in [0.1, 0.15) is 16.7 Å². The highest BCUT2D eigenvalue weighted by molar-refractivity contribution is 6.39. The smallest absolute Gasteiger partial charge is 0.335 e. The van der Waals surface area contributed by atoms with Crippen molar-refractivity contribution >= 4 is 29.6 Å². The Kier molecular flexibility index (Phi) is 8.05. The van der Waals surface area contributed by atoms with Crippen molar-refractivity contribution in [2.24, 2.45) is 0 Å². The lowest BCUT2D eigenvalue weighted by Gasteiger charge is -2.26. The van der Waals surface area contributed by atoms with Gasteiger partial charge in [0.1, 0.15) is 41.9 Å². The summed E-state index contributed by atoms with van der Waals surface area (Å²) in [6.45, 7) is 0.390. The molecule has 1 heterocycles. The molecule has 9 heteroatoms. The van der Waals surface area contributed by atoms with E-state index in [1.54, 1.807) is 54.6 Å². The summed E-state index contributed by atoms with van der Waals surface area (Å²) in [5.74, 6) is -0.719. The van der Waals surface area contributed by atoms with E-state index in [-0.39, 0.29) is 17.9 Å². The summed E-state index contributed by atoms with van der Waals surface area (Å²) in [7, 11) is 1.49. The zero-order valence-corrected chi connectivity index (χ0v) is 22.0. The molecule has 5 rings (SSSR count). The molecule has 0 aliphatic carbocycles. The Morgan fingerprint density at radius 3 is 2.22 bits per heavy atom. The van der Waals surface area contributed by atoms with Gasteiger partial charge in [0.05, 0.1) is 12.8 Å². The third kappa shape index (κ3) is 6.42. The number of ether oxygens (including phenoxy) is 3. The van der Waals surface area contributed by atoms with Gasteiger partial charge in [-0.1, -0.05) is 42.5 Å². The fourth-order valence-electron chi connectivity index (χ4n) is 4.15. The maximum absolute atomic E-state index is 13.6. The van der Waals surface area contributed by atoms with E-state index < -0.39 is 23.7 Å². The summed E-state index contributed by atoms with van der Waals surface area (Å²) in [4.78, 5) is 39.8. The number of benzene rings is 4. The molecule has 0 spiro atoms. The Balaban J connectivity index is 1.38. The zero-order chi connectivity index (χ0) is 28.8. The molecule has 0 aromatic heterocycles. The molecular formula is C32H25FN2O6. The van der Waals surface area contributed by atoms with Crippen LogP contribution in [0.25, 0.3) is 6.08 Å². The van der Waals surface area contributed by atoms with E-state index >= 15 is 0 Å². The number of rotatable bonds is 9. The number of nitrogens with zero attached hydrogens (tertiary/aromatic N) is 1. The Bertz CT molecular complexity index is 1620. The van der Waals surface area contributed by atoms with E-state index in [0.717, 1.165) is 10.5 Å². The minimum absolute atomic E-state index is 0.0323. The molecule has 0 bridgehead atoms. The standard InChI is InChI=1S/C32H25FN2O6/c1-39-27-13-10-23(29(18-27)41-20-22-8-5-9-24(33)16-22)17-28-30(36)34-32(38)35(31(28)37)25-11-14-26(15-12-25)40-19-21-6-3-2-4-7-21/h2-18H,19-20H2,1H3,(H,34,36,38)/b28-17+. The van der Waals surface area contributed by atoms with E-state index in [4.69, 9.17) is 14.2 Å². The Labute approximate surface area is 235 Å². The summed E-state index contributed by atoms with van der Waals surface area (Å²) in [5, 5.41) is 2.22. The van der Waals surface area contributed by atoms with E-state index in [2.05, 4.69) is 5.32 Å². The van der Waals surface area contributed by atoms with Crippen molar-refractivity contribution < 1.29 is 33.0 Å². The van der Waals surface area contributed by atoms with E-state index in [1.807, 2.05) is 30.3 Å². The fraction of sp³-hybridized carbons (Fsp3) is 0.0938. The van der Waals surface area contributed by atoms with Gasteiger partial charge in [0.25, 0.3) is 11.8 Å². The van der Waals surface area contributed by atoms with Gasteiger partial charge in [-0.15, -0.1) is 0 Å². The minimum Gasteiger partial charge on any atom is -0.497 e. The average Bonchev–Trinajstić information content (AvgIpc) is 2.98. The molecule has 1 saturated heterocycles.